The van der Waals surface area contributed by atoms with Gasteiger partial charge in [0.1, 0.15) is 16.5 Å². The van der Waals surface area contributed by atoms with E-state index in [4.69, 9.17) is 27.9 Å². The number of benzene rings is 2. The Labute approximate surface area is 190 Å². The highest BCUT2D eigenvalue weighted by atomic mass is 35.5. The number of halogens is 2. The lowest BCUT2D eigenvalue weighted by molar-refractivity contribution is -0.123. The van der Waals surface area contributed by atoms with Gasteiger partial charge in [0.15, 0.2) is 6.61 Å². The number of ether oxygens (including phenoxy) is 1. The minimum absolute atomic E-state index is 0.149. The van der Waals surface area contributed by atoms with Gasteiger partial charge < -0.3 is 4.74 Å². The third kappa shape index (κ3) is 5.77. The molecule has 2 N–H and O–H groups in total. The Hall–Kier alpha value is -3.03. The van der Waals surface area contributed by atoms with Crippen LogP contribution in [-0.2, 0) is 11.3 Å². The number of aromatic nitrogens is 2. The fourth-order valence-corrected chi connectivity index (χ4v) is 3.61. The summed E-state index contributed by atoms with van der Waals surface area (Å²) in [6.45, 7) is 5.61. The Morgan fingerprint density at radius 2 is 1.71 bits per heavy atom. The average molecular weight is 461 g/mol. The maximum Gasteiger partial charge on any atom is 0.276 e. The van der Waals surface area contributed by atoms with Crippen LogP contribution in [0, 0.1) is 20.8 Å². The van der Waals surface area contributed by atoms with Crippen LogP contribution < -0.4 is 15.6 Å². The molecular weight excluding hydrogens is 439 g/mol. The second-order valence-electron chi connectivity index (χ2n) is 7.11. The number of nitrogens with zero attached hydrogens (tertiary/aromatic N) is 2. The summed E-state index contributed by atoms with van der Waals surface area (Å²) in [4.78, 5) is 24.6. The van der Waals surface area contributed by atoms with E-state index in [1.807, 2.05) is 50.2 Å². The molecule has 0 unspecified atom stereocenters. The van der Waals surface area contributed by atoms with Crippen molar-refractivity contribution in [1.29, 1.82) is 0 Å². The predicted octanol–water partition coefficient (Wildman–Crippen LogP) is 4.00. The number of amides is 2. The van der Waals surface area contributed by atoms with E-state index in [0.29, 0.717) is 23.0 Å². The van der Waals surface area contributed by atoms with E-state index >= 15 is 0 Å². The van der Waals surface area contributed by atoms with E-state index in [0.717, 1.165) is 16.7 Å². The second-order valence-corrected chi connectivity index (χ2v) is 7.88. The van der Waals surface area contributed by atoms with E-state index in [2.05, 4.69) is 16.0 Å². The topological polar surface area (TPSA) is 85.2 Å². The summed E-state index contributed by atoms with van der Waals surface area (Å²) in [6.07, 6.45) is 0. The number of hydrazine groups is 1. The first-order chi connectivity index (χ1) is 14.7. The van der Waals surface area contributed by atoms with Crippen molar-refractivity contribution < 1.29 is 14.3 Å². The number of carbonyl (C=O) groups is 2. The number of hydrogen-bond acceptors (Lipinski definition) is 4. The molecule has 9 heteroatoms. The smallest absolute Gasteiger partial charge is 0.276 e. The van der Waals surface area contributed by atoms with Gasteiger partial charge in [-0.1, -0.05) is 47.5 Å². The van der Waals surface area contributed by atoms with Gasteiger partial charge in [-0.2, -0.15) is 5.10 Å². The van der Waals surface area contributed by atoms with Gasteiger partial charge >= 0.3 is 0 Å². The van der Waals surface area contributed by atoms with E-state index in [1.165, 1.54) is 4.68 Å². The van der Waals surface area contributed by atoms with Crippen molar-refractivity contribution in [3.63, 3.8) is 0 Å². The Kier molecular flexibility index (Phi) is 7.20. The van der Waals surface area contributed by atoms with Crippen molar-refractivity contribution in [1.82, 2.24) is 20.6 Å². The van der Waals surface area contributed by atoms with Crippen LogP contribution in [0.2, 0.25) is 10.2 Å². The molecule has 7 nitrogen and oxygen atoms in total. The van der Waals surface area contributed by atoms with Crippen molar-refractivity contribution >= 4 is 35.0 Å². The van der Waals surface area contributed by atoms with E-state index in [1.54, 1.807) is 13.0 Å². The molecule has 2 amide bonds. The molecule has 31 heavy (non-hydrogen) atoms. The van der Waals surface area contributed by atoms with Crippen LogP contribution in [0.4, 0.5) is 0 Å². The van der Waals surface area contributed by atoms with Gasteiger partial charge in [0.05, 0.1) is 12.2 Å². The normalized spacial score (nSPS) is 10.6. The Balaban J connectivity index is 1.59. The average Bonchev–Trinajstić information content (AvgIpc) is 2.98. The highest BCUT2D eigenvalue weighted by Crippen LogP contribution is 2.23. The minimum Gasteiger partial charge on any atom is -0.484 e. The summed E-state index contributed by atoms with van der Waals surface area (Å²) in [7, 11) is 0. The third-order valence-electron chi connectivity index (χ3n) is 4.45. The van der Waals surface area contributed by atoms with Crippen molar-refractivity contribution in [3.05, 3.63) is 80.6 Å². The van der Waals surface area contributed by atoms with Crippen molar-refractivity contribution in [2.24, 2.45) is 0 Å². The lowest BCUT2D eigenvalue weighted by atomic mass is 10.1. The molecule has 0 aliphatic rings. The Bertz CT molecular complexity index is 1110. The monoisotopic (exact) mass is 460 g/mol. The first kappa shape index (κ1) is 22.7. The van der Waals surface area contributed by atoms with Crippen LogP contribution in [0.15, 0.2) is 42.5 Å². The molecule has 0 radical (unpaired) electrons. The molecule has 1 heterocycles. The summed E-state index contributed by atoms with van der Waals surface area (Å²) in [5.41, 5.74) is 8.14. The van der Waals surface area contributed by atoms with E-state index in [-0.39, 0.29) is 17.3 Å². The SMILES string of the molecule is Cc1cc(C)cc(OCC(=O)NNC(=O)c2c(C)nn(Cc3ccccc3Cl)c2Cl)c1. The van der Waals surface area contributed by atoms with E-state index < -0.39 is 11.8 Å². The van der Waals surface area contributed by atoms with Gasteiger partial charge in [0.25, 0.3) is 11.8 Å². The van der Waals surface area contributed by atoms with Gasteiger partial charge in [0, 0.05) is 5.02 Å². The van der Waals surface area contributed by atoms with Crippen LogP contribution in [0.1, 0.15) is 32.7 Å². The highest BCUT2D eigenvalue weighted by molar-refractivity contribution is 6.33. The second kappa shape index (κ2) is 9.85. The zero-order valence-corrected chi connectivity index (χ0v) is 18.8. The number of nitrogens with one attached hydrogen (secondary N) is 2. The van der Waals surface area contributed by atoms with Gasteiger partial charge in [0.2, 0.25) is 0 Å². The van der Waals surface area contributed by atoms with Gasteiger partial charge in [-0.05, 0) is 55.7 Å². The fraction of sp³-hybridized carbons (Fsp3) is 0.227. The zero-order valence-electron chi connectivity index (χ0n) is 17.3. The van der Waals surface area contributed by atoms with Crippen molar-refractivity contribution in [3.8, 4) is 5.75 Å². The molecule has 0 saturated heterocycles. The van der Waals surface area contributed by atoms with Gasteiger partial charge in [-0.3, -0.25) is 20.4 Å². The molecule has 1 aromatic heterocycles. The minimum atomic E-state index is -0.576. The summed E-state index contributed by atoms with van der Waals surface area (Å²) in [6, 6.07) is 13.0. The standard InChI is InChI=1S/C22H22Cl2N4O3/c1-13-8-14(2)10-17(9-13)31-12-19(29)25-26-22(30)20-15(3)27-28(21(20)24)11-16-6-4-5-7-18(16)23/h4-10H,11-12H2,1-3H3,(H,25,29)(H,26,30). The molecule has 3 rings (SSSR count). The molecule has 0 spiro atoms. The molecule has 0 bridgehead atoms. The molecule has 0 saturated carbocycles. The summed E-state index contributed by atoms with van der Waals surface area (Å²) >= 11 is 12.6. The van der Waals surface area contributed by atoms with Crippen LogP contribution in [0.3, 0.4) is 0 Å². The quantitative estimate of drug-likeness (QED) is 0.544. The molecule has 0 aliphatic heterocycles. The van der Waals surface area contributed by atoms with Crippen molar-refractivity contribution in [2.75, 3.05) is 6.61 Å². The van der Waals surface area contributed by atoms with Crippen molar-refractivity contribution in [2.45, 2.75) is 27.3 Å². The molecular formula is C22H22Cl2N4O3. The molecule has 3 aromatic rings. The lowest BCUT2D eigenvalue weighted by Gasteiger charge is -2.10. The summed E-state index contributed by atoms with van der Waals surface area (Å²) in [5.74, 6) is -0.504. The molecule has 0 aliphatic carbocycles. The number of rotatable bonds is 6. The lowest BCUT2D eigenvalue weighted by Crippen LogP contribution is -2.44. The maximum absolute atomic E-state index is 12.6. The number of aryl methyl sites for hydroxylation is 3. The van der Waals surface area contributed by atoms with Gasteiger partial charge in [-0.15, -0.1) is 0 Å². The summed E-state index contributed by atoms with van der Waals surface area (Å²) < 4.78 is 6.96. The summed E-state index contributed by atoms with van der Waals surface area (Å²) in [5, 5.41) is 5.04. The number of carbonyl (C=O) groups excluding carboxylic acids is 2. The van der Waals surface area contributed by atoms with E-state index in [9.17, 15) is 9.59 Å². The maximum atomic E-state index is 12.6. The molecule has 162 valence electrons. The molecule has 0 fully saturated rings. The predicted molar refractivity (Wildman–Crippen MR) is 120 cm³/mol. The Morgan fingerprint density at radius 1 is 1.03 bits per heavy atom. The molecule has 0 atom stereocenters. The zero-order chi connectivity index (χ0) is 22.5. The first-order valence-electron chi connectivity index (χ1n) is 9.51. The molecule has 2 aromatic carbocycles. The highest BCUT2D eigenvalue weighted by Gasteiger charge is 2.21. The van der Waals surface area contributed by atoms with Crippen LogP contribution in [0.25, 0.3) is 0 Å². The first-order valence-corrected chi connectivity index (χ1v) is 10.3. The van der Waals surface area contributed by atoms with Gasteiger partial charge in [-0.25, -0.2) is 4.68 Å². The Morgan fingerprint density at radius 3 is 2.39 bits per heavy atom. The number of hydrogen-bond donors (Lipinski definition) is 2. The fourth-order valence-electron chi connectivity index (χ4n) is 3.09. The van der Waals surface area contributed by atoms with Crippen LogP contribution in [-0.4, -0.2) is 28.2 Å². The van der Waals surface area contributed by atoms with Crippen LogP contribution in [0.5, 0.6) is 5.75 Å². The van der Waals surface area contributed by atoms with Crippen LogP contribution >= 0.6 is 23.2 Å². The largest absolute Gasteiger partial charge is 0.484 e. The third-order valence-corrected chi connectivity index (χ3v) is 5.20.